The third-order valence-corrected chi connectivity index (χ3v) is 3.37. The molecule has 1 aromatic rings. The number of aromatic nitrogens is 1. The molecule has 2 atom stereocenters. The summed E-state index contributed by atoms with van der Waals surface area (Å²) >= 11 is 0. The van der Waals surface area contributed by atoms with Crippen LogP contribution in [0.1, 0.15) is 37.5 Å². The Morgan fingerprint density at radius 2 is 2.21 bits per heavy atom. The van der Waals surface area contributed by atoms with Crippen molar-refractivity contribution in [1.29, 1.82) is 0 Å². The van der Waals surface area contributed by atoms with E-state index in [-0.39, 0.29) is 6.10 Å². The molecular weight excluding hydrogens is 174 g/mol. The summed E-state index contributed by atoms with van der Waals surface area (Å²) in [6, 6.07) is 1.95. The summed E-state index contributed by atoms with van der Waals surface area (Å²) in [6.45, 7) is 6.43. The highest BCUT2D eigenvalue weighted by molar-refractivity contribution is 5.26. The fourth-order valence-corrected chi connectivity index (χ4v) is 2.05. The van der Waals surface area contributed by atoms with E-state index in [4.69, 9.17) is 0 Å². The maximum Gasteiger partial charge on any atom is 0.0840 e. The molecule has 1 heterocycles. The topological polar surface area (TPSA) is 33.1 Å². The van der Waals surface area contributed by atoms with Crippen molar-refractivity contribution in [3.8, 4) is 0 Å². The molecule has 1 N–H and O–H groups in total. The molecule has 1 aliphatic rings. The van der Waals surface area contributed by atoms with Gasteiger partial charge in [0, 0.05) is 18.0 Å². The van der Waals surface area contributed by atoms with Gasteiger partial charge in [0.05, 0.1) is 6.10 Å². The van der Waals surface area contributed by atoms with E-state index in [1.165, 1.54) is 0 Å². The molecule has 0 spiro atoms. The fraction of sp³-hybridized carbons (Fsp3) is 0.583. The van der Waals surface area contributed by atoms with Crippen molar-refractivity contribution in [2.45, 2.75) is 33.3 Å². The minimum atomic E-state index is -0.335. The number of rotatable bonds is 2. The molecule has 0 aromatic carbocycles. The van der Waals surface area contributed by atoms with E-state index in [0.717, 1.165) is 17.5 Å². The number of hydrogen-bond acceptors (Lipinski definition) is 2. The van der Waals surface area contributed by atoms with Crippen LogP contribution in [0.4, 0.5) is 0 Å². The van der Waals surface area contributed by atoms with E-state index in [1.54, 1.807) is 12.4 Å². The standard InChI is InChI=1S/C12H17NO/c1-8-4-5-13-7-9(8)11(14)10-6-12(10,2)3/h4-5,7,10-11,14H,6H2,1-3H3. The Morgan fingerprint density at radius 1 is 1.57 bits per heavy atom. The molecule has 1 aliphatic carbocycles. The summed E-state index contributed by atoms with van der Waals surface area (Å²) < 4.78 is 0. The minimum absolute atomic E-state index is 0.307. The molecule has 2 heteroatoms. The summed E-state index contributed by atoms with van der Waals surface area (Å²) in [5, 5.41) is 10.1. The van der Waals surface area contributed by atoms with Crippen LogP contribution in [0.25, 0.3) is 0 Å². The van der Waals surface area contributed by atoms with E-state index in [9.17, 15) is 5.11 Å². The van der Waals surface area contributed by atoms with Crippen LogP contribution >= 0.6 is 0 Å². The maximum atomic E-state index is 10.1. The molecule has 0 radical (unpaired) electrons. The van der Waals surface area contributed by atoms with Crippen molar-refractivity contribution in [2.75, 3.05) is 0 Å². The Labute approximate surface area is 85.0 Å². The predicted octanol–water partition coefficient (Wildman–Crippen LogP) is 2.47. The average molecular weight is 191 g/mol. The van der Waals surface area contributed by atoms with Gasteiger partial charge in [-0.15, -0.1) is 0 Å². The SMILES string of the molecule is Cc1ccncc1C(O)C1CC1(C)C. The third-order valence-electron chi connectivity index (χ3n) is 3.37. The Bertz CT molecular complexity index is 346. The van der Waals surface area contributed by atoms with Gasteiger partial charge in [-0.05, 0) is 36.3 Å². The normalized spacial score (nSPS) is 25.9. The van der Waals surface area contributed by atoms with E-state index in [1.807, 2.05) is 13.0 Å². The molecule has 0 aliphatic heterocycles. The van der Waals surface area contributed by atoms with Gasteiger partial charge in [0.2, 0.25) is 0 Å². The highest BCUT2D eigenvalue weighted by Crippen LogP contribution is 2.57. The summed E-state index contributed by atoms with van der Waals surface area (Å²) in [5.74, 6) is 0.408. The van der Waals surface area contributed by atoms with Crippen molar-refractivity contribution in [3.05, 3.63) is 29.6 Å². The Hall–Kier alpha value is -0.890. The van der Waals surface area contributed by atoms with Crippen molar-refractivity contribution in [2.24, 2.45) is 11.3 Å². The summed E-state index contributed by atoms with van der Waals surface area (Å²) in [4.78, 5) is 4.06. The van der Waals surface area contributed by atoms with Gasteiger partial charge in [0.15, 0.2) is 0 Å². The number of hydrogen-bond donors (Lipinski definition) is 1. The molecule has 76 valence electrons. The second-order valence-corrected chi connectivity index (χ2v) is 4.98. The van der Waals surface area contributed by atoms with Crippen LogP contribution in [0, 0.1) is 18.3 Å². The molecule has 0 saturated heterocycles. The Balaban J connectivity index is 2.21. The molecule has 2 rings (SSSR count). The summed E-state index contributed by atoms with van der Waals surface area (Å²) in [5.41, 5.74) is 2.43. The van der Waals surface area contributed by atoms with Gasteiger partial charge in [-0.2, -0.15) is 0 Å². The molecule has 0 amide bonds. The Morgan fingerprint density at radius 3 is 2.71 bits per heavy atom. The molecule has 1 saturated carbocycles. The van der Waals surface area contributed by atoms with Crippen LogP contribution in [0.15, 0.2) is 18.5 Å². The average Bonchev–Trinajstić information content (AvgIpc) is 2.75. The molecule has 1 aromatic heterocycles. The van der Waals surface area contributed by atoms with Gasteiger partial charge < -0.3 is 5.11 Å². The van der Waals surface area contributed by atoms with Crippen LogP contribution in [0.5, 0.6) is 0 Å². The lowest BCUT2D eigenvalue weighted by atomic mass is 9.98. The first-order valence-electron chi connectivity index (χ1n) is 5.11. The van der Waals surface area contributed by atoms with Gasteiger partial charge in [-0.1, -0.05) is 13.8 Å². The maximum absolute atomic E-state index is 10.1. The van der Waals surface area contributed by atoms with Crippen LogP contribution in [0.3, 0.4) is 0 Å². The predicted molar refractivity (Wildman–Crippen MR) is 55.8 cm³/mol. The van der Waals surface area contributed by atoms with E-state index in [0.29, 0.717) is 11.3 Å². The van der Waals surface area contributed by atoms with Gasteiger partial charge in [-0.3, -0.25) is 4.98 Å². The highest BCUT2D eigenvalue weighted by atomic mass is 16.3. The van der Waals surface area contributed by atoms with E-state index < -0.39 is 0 Å². The fourth-order valence-electron chi connectivity index (χ4n) is 2.05. The molecule has 2 nitrogen and oxygen atoms in total. The van der Waals surface area contributed by atoms with Gasteiger partial charge in [0.25, 0.3) is 0 Å². The van der Waals surface area contributed by atoms with Crippen molar-refractivity contribution in [1.82, 2.24) is 4.98 Å². The second kappa shape index (κ2) is 3.06. The van der Waals surface area contributed by atoms with Crippen LogP contribution < -0.4 is 0 Å². The number of aliphatic hydroxyl groups is 1. The summed E-state index contributed by atoms with van der Waals surface area (Å²) in [6.07, 6.45) is 4.33. The van der Waals surface area contributed by atoms with Crippen LogP contribution in [0.2, 0.25) is 0 Å². The van der Waals surface area contributed by atoms with Crippen LogP contribution in [-0.4, -0.2) is 10.1 Å². The molecule has 14 heavy (non-hydrogen) atoms. The second-order valence-electron chi connectivity index (χ2n) is 4.98. The lowest BCUT2D eigenvalue weighted by Gasteiger charge is -2.14. The lowest BCUT2D eigenvalue weighted by molar-refractivity contribution is 0.137. The number of nitrogens with zero attached hydrogens (tertiary/aromatic N) is 1. The Kier molecular flexibility index (Phi) is 2.11. The lowest BCUT2D eigenvalue weighted by Crippen LogP contribution is -2.06. The number of aliphatic hydroxyl groups excluding tert-OH is 1. The van der Waals surface area contributed by atoms with E-state index >= 15 is 0 Å². The zero-order valence-corrected chi connectivity index (χ0v) is 8.99. The first-order chi connectivity index (χ1) is 6.52. The van der Waals surface area contributed by atoms with Crippen molar-refractivity contribution < 1.29 is 5.11 Å². The quantitative estimate of drug-likeness (QED) is 0.779. The van der Waals surface area contributed by atoms with Crippen molar-refractivity contribution in [3.63, 3.8) is 0 Å². The van der Waals surface area contributed by atoms with Crippen LogP contribution in [-0.2, 0) is 0 Å². The first-order valence-corrected chi connectivity index (χ1v) is 5.11. The first kappa shape index (κ1) is 9.66. The number of aryl methyl sites for hydroxylation is 1. The highest BCUT2D eigenvalue weighted by Gasteiger charge is 2.50. The molecule has 2 unspecified atom stereocenters. The largest absolute Gasteiger partial charge is 0.388 e. The molecule has 1 fully saturated rings. The minimum Gasteiger partial charge on any atom is -0.388 e. The monoisotopic (exact) mass is 191 g/mol. The van der Waals surface area contributed by atoms with E-state index in [2.05, 4.69) is 18.8 Å². The zero-order valence-electron chi connectivity index (χ0n) is 8.99. The zero-order chi connectivity index (χ0) is 10.3. The molecular formula is C12H17NO. The summed E-state index contributed by atoms with van der Waals surface area (Å²) in [7, 11) is 0. The number of pyridine rings is 1. The smallest absolute Gasteiger partial charge is 0.0840 e. The van der Waals surface area contributed by atoms with Gasteiger partial charge in [-0.25, -0.2) is 0 Å². The van der Waals surface area contributed by atoms with Crippen molar-refractivity contribution >= 4 is 0 Å². The van der Waals surface area contributed by atoms with Gasteiger partial charge in [0.1, 0.15) is 0 Å². The third kappa shape index (κ3) is 1.55. The van der Waals surface area contributed by atoms with Gasteiger partial charge >= 0.3 is 0 Å². The molecule has 0 bridgehead atoms.